The van der Waals surface area contributed by atoms with Gasteiger partial charge in [-0.3, -0.25) is 4.79 Å². The lowest BCUT2D eigenvalue weighted by Gasteiger charge is -2.45. The van der Waals surface area contributed by atoms with Crippen LogP contribution in [0.4, 0.5) is 4.39 Å². The Morgan fingerprint density at radius 1 is 1.23 bits per heavy atom. The third-order valence-electron chi connectivity index (χ3n) is 5.39. The Balaban J connectivity index is 1.88. The van der Waals surface area contributed by atoms with Gasteiger partial charge in [0.2, 0.25) is 6.29 Å². The first kappa shape index (κ1) is 23.1. The van der Waals surface area contributed by atoms with E-state index in [2.05, 4.69) is 5.32 Å². The fourth-order valence-electron chi connectivity index (χ4n) is 3.47. The second kappa shape index (κ2) is 8.89. The van der Waals surface area contributed by atoms with Gasteiger partial charge in [-0.05, 0) is 60.9 Å². The van der Waals surface area contributed by atoms with E-state index >= 15 is 0 Å². The summed E-state index contributed by atoms with van der Waals surface area (Å²) in [7, 11) is 1.46. The summed E-state index contributed by atoms with van der Waals surface area (Å²) in [6, 6.07) is 8.96. The van der Waals surface area contributed by atoms with Gasteiger partial charge in [0.25, 0.3) is 5.91 Å². The summed E-state index contributed by atoms with van der Waals surface area (Å²) in [4.78, 5) is 11.9. The van der Waals surface area contributed by atoms with Crippen molar-refractivity contribution in [1.82, 2.24) is 5.32 Å². The summed E-state index contributed by atoms with van der Waals surface area (Å²) in [5.74, 6) is -0.645. The first-order chi connectivity index (χ1) is 14.6. The van der Waals surface area contributed by atoms with Crippen molar-refractivity contribution in [1.29, 1.82) is 0 Å². The highest BCUT2D eigenvalue weighted by Gasteiger charge is 2.53. The van der Waals surface area contributed by atoms with E-state index in [-0.39, 0.29) is 5.56 Å². The van der Waals surface area contributed by atoms with E-state index in [0.717, 1.165) is 6.07 Å². The molecule has 0 spiro atoms. The molecule has 5 atom stereocenters. The third kappa shape index (κ3) is 4.56. The molecule has 1 amide bonds. The molecule has 5 N–H and O–H groups in total. The van der Waals surface area contributed by atoms with Gasteiger partial charge in [-0.25, -0.2) is 4.39 Å². The summed E-state index contributed by atoms with van der Waals surface area (Å²) in [5.41, 5.74) is -0.0163. The predicted molar refractivity (Wildman–Crippen MR) is 109 cm³/mol. The zero-order chi connectivity index (χ0) is 22.9. The largest absolute Gasteiger partial charge is 0.461 e. The topological polar surface area (TPSA) is 128 Å². The summed E-state index contributed by atoms with van der Waals surface area (Å²) >= 11 is 0. The highest BCUT2D eigenvalue weighted by Crippen LogP contribution is 2.34. The molecule has 0 aliphatic carbocycles. The van der Waals surface area contributed by atoms with Gasteiger partial charge in [-0.15, -0.1) is 0 Å². The van der Waals surface area contributed by atoms with Gasteiger partial charge in [0.15, 0.2) is 5.60 Å². The average molecular weight is 435 g/mol. The number of aryl methyl sites for hydroxylation is 1. The number of hydrogen-bond acceptors (Lipinski definition) is 7. The van der Waals surface area contributed by atoms with Crippen LogP contribution in [0.15, 0.2) is 36.4 Å². The van der Waals surface area contributed by atoms with E-state index in [1.807, 2.05) is 0 Å². The zero-order valence-electron chi connectivity index (χ0n) is 17.4. The highest BCUT2D eigenvalue weighted by molar-refractivity contribution is 5.95. The summed E-state index contributed by atoms with van der Waals surface area (Å²) in [5, 5.41) is 42.6. The minimum atomic E-state index is -1.94. The molecule has 0 unspecified atom stereocenters. The number of aliphatic hydroxyl groups is 4. The van der Waals surface area contributed by atoms with Crippen molar-refractivity contribution >= 4 is 5.91 Å². The van der Waals surface area contributed by atoms with Gasteiger partial charge in [0, 0.05) is 12.6 Å². The van der Waals surface area contributed by atoms with Gasteiger partial charge in [-0.1, -0.05) is 6.07 Å². The van der Waals surface area contributed by atoms with E-state index in [1.54, 1.807) is 31.2 Å². The van der Waals surface area contributed by atoms with Crippen molar-refractivity contribution < 1.29 is 39.1 Å². The van der Waals surface area contributed by atoms with Crippen LogP contribution in [-0.4, -0.2) is 70.2 Å². The molecule has 3 rings (SSSR count). The summed E-state index contributed by atoms with van der Waals surface area (Å²) in [6.07, 6.45) is -5.57. The minimum absolute atomic E-state index is 0.185. The van der Waals surface area contributed by atoms with Crippen LogP contribution >= 0.6 is 0 Å². The number of hydrogen-bond donors (Lipinski definition) is 5. The molecule has 168 valence electrons. The first-order valence-electron chi connectivity index (χ1n) is 9.73. The summed E-state index contributed by atoms with van der Waals surface area (Å²) < 4.78 is 25.2. The number of ether oxygens (including phenoxy) is 2. The first-order valence-corrected chi connectivity index (χ1v) is 9.73. The van der Waals surface area contributed by atoms with Crippen LogP contribution in [0.1, 0.15) is 22.8 Å². The molecule has 1 heterocycles. The number of aliphatic hydroxyl groups excluding tert-OH is 3. The Hall–Kier alpha value is -2.56. The maximum atomic E-state index is 14.0. The minimum Gasteiger partial charge on any atom is -0.461 e. The average Bonchev–Trinajstić information content (AvgIpc) is 2.74. The lowest BCUT2D eigenvalue weighted by atomic mass is 9.88. The Kier molecular flexibility index (Phi) is 6.63. The standard InChI is InChI=1S/C22H26FNO7/c1-11-6-12(13-7-14(20(28)24-3)9-15(23)8-13)4-5-16(11)30-21-22(2,29)19(27)18(26)17(10-25)31-21/h4-9,17-19,21,25-27,29H,10H2,1-3H3,(H,24,28)/t17-,18-,19+,21+,22+/m1/s1. The van der Waals surface area contributed by atoms with Crippen LogP contribution in [0.2, 0.25) is 0 Å². The van der Waals surface area contributed by atoms with Crippen LogP contribution in [0, 0.1) is 12.7 Å². The fourth-order valence-corrected chi connectivity index (χ4v) is 3.47. The van der Waals surface area contributed by atoms with Crippen molar-refractivity contribution in [3.63, 3.8) is 0 Å². The molecule has 0 aromatic heterocycles. The van der Waals surface area contributed by atoms with Crippen LogP contribution in [0.5, 0.6) is 5.75 Å². The SMILES string of the molecule is CNC(=O)c1cc(F)cc(-c2ccc(O[C@H]3O[C@H](CO)[C@@H](O)[C@H](O)[C@]3(C)O)c(C)c2)c1. The molecule has 31 heavy (non-hydrogen) atoms. The van der Waals surface area contributed by atoms with E-state index in [4.69, 9.17) is 9.47 Å². The molecule has 1 fully saturated rings. The van der Waals surface area contributed by atoms with Crippen molar-refractivity contribution in [2.24, 2.45) is 0 Å². The molecule has 2 aromatic carbocycles. The van der Waals surface area contributed by atoms with Crippen LogP contribution in [-0.2, 0) is 4.74 Å². The number of carbonyl (C=O) groups is 1. The van der Waals surface area contributed by atoms with Gasteiger partial charge in [0.05, 0.1) is 6.61 Å². The van der Waals surface area contributed by atoms with Crippen molar-refractivity contribution in [2.45, 2.75) is 44.1 Å². The van der Waals surface area contributed by atoms with Gasteiger partial charge >= 0.3 is 0 Å². The van der Waals surface area contributed by atoms with Crippen LogP contribution in [0.3, 0.4) is 0 Å². The highest BCUT2D eigenvalue weighted by atomic mass is 19.1. The van der Waals surface area contributed by atoms with Gasteiger partial charge in [-0.2, -0.15) is 0 Å². The molecular formula is C22H26FNO7. The number of benzene rings is 2. The Labute approximate surface area is 178 Å². The lowest BCUT2D eigenvalue weighted by molar-refractivity contribution is -0.314. The summed E-state index contributed by atoms with van der Waals surface area (Å²) in [6.45, 7) is 2.42. The molecule has 8 nitrogen and oxygen atoms in total. The normalized spacial score (nSPS) is 28.3. The van der Waals surface area contributed by atoms with E-state index in [9.17, 15) is 29.6 Å². The molecule has 0 bridgehead atoms. The molecular weight excluding hydrogens is 409 g/mol. The Morgan fingerprint density at radius 2 is 1.94 bits per heavy atom. The number of carbonyl (C=O) groups excluding carboxylic acids is 1. The Morgan fingerprint density at radius 3 is 2.55 bits per heavy atom. The smallest absolute Gasteiger partial charge is 0.251 e. The molecule has 2 aromatic rings. The van der Waals surface area contributed by atoms with Crippen LogP contribution < -0.4 is 10.1 Å². The molecule has 1 saturated heterocycles. The predicted octanol–water partition coefficient (Wildman–Crippen LogP) is 0.730. The zero-order valence-corrected chi connectivity index (χ0v) is 17.4. The Bertz CT molecular complexity index is 965. The van der Waals surface area contributed by atoms with E-state index in [0.29, 0.717) is 22.4 Å². The third-order valence-corrected chi connectivity index (χ3v) is 5.39. The lowest BCUT2D eigenvalue weighted by Crippen LogP contribution is -2.66. The molecule has 1 aliphatic rings. The van der Waals surface area contributed by atoms with Crippen LogP contribution in [0.25, 0.3) is 11.1 Å². The van der Waals surface area contributed by atoms with Gasteiger partial charge in [0.1, 0.15) is 29.9 Å². The number of halogens is 1. The monoisotopic (exact) mass is 435 g/mol. The molecule has 0 saturated carbocycles. The number of amides is 1. The van der Waals surface area contributed by atoms with Crippen molar-refractivity contribution in [3.8, 4) is 16.9 Å². The number of nitrogens with one attached hydrogen (secondary N) is 1. The van der Waals surface area contributed by atoms with Crippen molar-refractivity contribution in [2.75, 3.05) is 13.7 Å². The van der Waals surface area contributed by atoms with E-state index < -0.39 is 48.5 Å². The number of rotatable bonds is 5. The fraction of sp³-hybridized carbons (Fsp3) is 0.409. The quantitative estimate of drug-likeness (QED) is 0.468. The second-order valence-electron chi connectivity index (χ2n) is 7.76. The molecule has 9 heteroatoms. The maximum Gasteiger partial charge on any atom is 0.251 e. The maximum absolute atomic E-state index is 14.0. The second-order valence-corrected chi connectivity index (χ2v) is 7.76. The molecule has 1 aliphatic heterocycles. The van der Waals surface area contributed by atoms with E-state index in [1.165, 1.54) is 20.0 Å². The van der Waals surface area contributed by atoms with Gasteiger partial charge < -0.3 is 35.2 Å². The van der Waals surface area contributed by atoms with Crippen molar-refractivity contribution in [3.05, 3.63) is 53.3 Å². The molecule has 0 radical (unpaired) electrons.